The van der Waals surface area contributed by atoms with Gasteiger partial charge in [-0.25, -0.2) is 4.98 Å². The zero-order valence-electron chi connectivity index (χ0n) is 16.5. The van der Waals surface area contributed by atoms with Crippen LogP contribution in [-0.4, -0.2) is 34.8 Å². The number of amides is 1. The van der Waals surface area contributed by atoms with Crippen LogP contribution >= 0.6 is 11.6 Å². The van der Waals surface area contributed by atoms with Crippen LogP contribution in [0.1, 0.15) is 27.6 Å². The number of nitrogens with one attached hydrogen (secondary N) is 2. The Morgan fingerprint density at radius 3 is 2.61 bits per heavy atom. The van der Waals surface area contributed by atoms with Crippen LogP contribution in [0, 0.1) is 0 Å². The summed E-state index contributed by atoms with van der Waals surface area (Å²) in [7, 11) is 1.59. The predicted octanol–water partition coefficient (Wildman–Crippen LogP) is 4.05. The van der Waals surface area contributed by atoms with Crippen molar-refractivity contribution in [3.8, 4) is 22.9 Å². The lowest BCUT2D eigenvalue weighted by atomic mass is 9.99. The summed E-state index contributed by atoms with van der Waals surface area (Å²) in [6, 6.07) is 16.1. The molecule has 0 saturated carbocycles. The monoisotopic (exact) mass is 435 g/mol. The molecule has 31 heavy (non-hydrogen) atoms. The third-order valence-corrected chi connectivity index (χ3v) is 5.58. The molecule has 0 bridgehead atoms. The highest BCUT2D eigenvalue weighted by Gasteiger charge is 2.21. The van der Waals surface area contributed by atoms with Crippen molar-refractivity contribution in [1.29, 1.82) is 0 Å². The van der Waals surface area contributed by atoms with E-state index in [1.807, 2.05) is 24.3 Å². The normalized spacial score (nSPS) is 13.4. The number of carbonyl (C=O) groups excluding carboxylic acids is 1. The molecule has 0 spiro atoms. The lowest BCUT2D eigenvalue weighted by Gasteiger charge is -2.14. The number of aliphatic hydroxyl groups is 1. The second-order valence-corrected chi connectivity index (χ2v) is 7.56. The highest BCUT2D eigenvalue weighted by atomic mass is 35.5. The molecule has 1 aliphatic heterocycles. The molecule has 0 radical (unpaired) electrons. The number of carbonyl (C=O) groups is 1. The highest BCUT2D eigenvalue weighted by Crippen LogP contribution is 2.40. The smallest absolute Gasteiger partial charge is 0.251 e. The van der Waals surface area contributed by atoms with E-state index in [4.69, 9.17) is 21.1 Å². The van der Waals surface area contributed by atoms with Crippen LogP contribution in [-0.2, 0) is 0 Å². The first kappa shape index (κ1) is 19.4. The summed E-state index contributed by atoms with van der Waals surface area (Å²) in [5.41, 5.74) is 4.17. The summed E-state index contributed by atoms with van der Waals surface area (Å²) < 4.78 is 10.7. The van der Waals surface area contributed by atoms with Gasteiger partial charge >= 0.3 is 0 Å². The summed E-state index contributed by atoms with van der Waals surface area (Å²) >= 11 is 6.33. The van der Waals surface area contributed by atoms with Gasteiger partial charge in [0, 0.05) is 29.8 Å². The molecular formula is C23H18ClN3O4. The number of fused-ring (bicyclic) bond motifs is 2. The number of H-pyrrole nitrogens is 1. The molecule has 1 aromatic heterocycles. The average Bonchev–Trinajstić information content (AvgIpc) is 3.43. The van der Waals surface area contributed by atoms with Crippen LogP contribution in [0.25, 0.3) is 22.4 Å². The second-order valence-electron chi connectivity index (χ2n) is 7.15. The van der Waals surface area contributed by atoms with Gasteiger partial charge in [-0.3, -0.25) is 4.79 Å². The van der Waals surface area contributed by atoms with Crippen molar-refractivity contribution in [3.05, 3.63) is 76.3 Å². The quantitative estimate of drug-likeness (QED) is 0.449. The number of hydrogen-bond donors (Lipinski definition) is 3. The van der Waals surface area contributed by atoms with Gasteiger partial charge in [-0.1, -0.05) is 35.9 Å². The van der Waals surface area contributed by atoms with E-state index in [9.17, 15) is 9.90 Å². The van der Waals surface area contributed by atoms with E-state index in [-0.39, 0.29) is 12.7 Å². The third kappa shape index (κ3) is 3.48. The second kappa shape index (κ2) is 7.61. The number of aromatic amines is 1. The molecule has 0 saturated heterocycles. The van der Waals surface area contributed by atoms with E-state index in [2.05, 4.69) is 15.3 Å². The van der Waals surface area contributed by atoms with Crippen molar-refractivity contribution in [1.82, 2.24) is 15.3 Å². The van der Waals surface area contributed by atoms with E-state index in [0.29, 0.717) is 39.0 Å². The molecule has 4 aromatic rings. The zero-order chi connectivity index (χ0) is 21.5. The maximum Gasteiger partial charge on any atom is 0.251 e. The SMILES string of the molecule is CNC(=O)c1ccc2nc(-c3ccc(C(O)c4cc5c(cc4Cl)OCO5)cc3)[nH]c2c1. The molecular weight excluding hydrogens is 418 g/mol. The maximum absolute atomic E-state index is 11.8. The first-order valence-corrected chi connectivity index (χ1v) is 10.0. The van der Waals surface area contributed by atoms with E-state index < -0.39 is 6.10 Å². The summed E-state index contributed by atoms with van der Waals surface area (Å²) in [5, 5.41) is 13.9. The van der Waals surface area contributed by atoms with E-state index in [1.165, 1.54) is 0 Å². The lowest BCUT2D eigenvalue weighted by molar-refractivity contribution is 0.0963. The first-order chi connectivity index (χ1) is 15.0. The van der Waals surface area contributed by atoms with Gasteiger partial charge in [-0.15, -0.1) is 0 Å². The molecule has 1 atom stereocenters. The van der Waals surface area contributed by atoms with Crippen molar-refractivity contribution >= 4 is 28.5 Å². The van der Waals surface area contributed by atoms with Crippen molar-refractivity contribution in [3.63, 3.8) is 0 Å². The number of aliphatic hydroxyl groups excluding tert-OH is 1. The summed E-state index contributed by atoms with van der Waals surface area (Å²) in [5.74, 6) is 1.65. The third-order valence-electron chi connectivity index (χ3n) is 5.26. The van der Waals surface area contributed by atoms with Gasteiger partial charge in [0.1, 0.15) is 11.9 Å². The molecule has 156 valence electrons. The van der Waals surface area contributed by atoms with Crippen LogP contribution in [0.4, 0.5) is 0 Å². The zero-order valence-corrected chi connectivity index (χ0v) is 17.2. The molecule has 5 rings (SSSR count). The molecule has 1 unspecified atom stereocenters. The van der Waals surface area contributed by atoms with E-state index in [1.54, 1.807) is 37.4 Å². The lowest BCUT2D eigenvalue weighted by Crippen LogP contribution is -2.17. The highest BCUT2D eigenvalue weighted by molar-refractivity contribution is 6.31. The summed E-state index contributed by atoms with van der Waals surface area (Å²) in [4.78, 5) is 19.7. The topological polar surface area (TPSA) is 96.5 Å². The van der Waals surface area contributed by atoms with Crippen molar-refractivity contribution in [2.75, 3.05) is 13.8 Å². The maximum atomic E-state index is 11.8. The van der Waals surface area contributed by atoms with E-state index >= 15 is 0 Å². The van der Waals surface area contributed by atoms with Crippen molar-refractivity contribution < 1.29 is 19.4 Å². The number of halogens is 1. The van der Waals surface area contributed by atoms with Crippen LogP contribution in [0.15, 0.2) is 54.6 Å². The van der Waals surface area contributed by atoms with Crippen LogP contribution in [0.2, 0.25) is 5.02 Å². The molecule has 1 aliphatic rings. The Hall–Kier alpha value is -3.55. The molecule has 3 N–H and O–H groups in total. The molecule has 8 heteroatoms. The van der Waals surface area contributed by atoms with Gasteiger partial charge in [-0.2, -0.15) is 0 Å². The predicted molar refractivity (Wildman–Crippen MR) is 117 cm³/mol. The van der Waals surface area contributed by atoms with Gasteiger partial charge < -0.3 is 24.9 Å². The fraction of sp³-hybridized carbons (Fsp3) is 0.130. The summed E-state index contributed by atoms with van der Waals surface area (Å²) in [6.45, 7) is 0.141. The first-order valence-electron chi connectivity index (χ1n) is 9.63. The van der Waals surface area contributed by atoms with Gasteiger partial charge in [-0.05, 0) is 29.8 Å². The molecule has 0 aliphatic carbocycles. The fourth-order valence-electron chi connectivity index (χ4n) is 3.58. The molecule has 2 heterocycles. The van der Waals surface area contributed by atoms with Crippen molar-refractivity contribution in [2.24, 2.45) is 0 Å². The molecule has 1 amide bonds. The largest absolute Gasteiger partial charge is 0.454 e. The van der Waals surface area contributed by atoms with Gasteiger partial charge in [0.2, 0.25) is 6.79 Å². The number of imidazole rings is 1. The van der Waals surface area contributed by atoms with Gasteiger partial charge in [0.15, 0.2) is 11.5 Å². The Balaban J connectivity index is 1.43. The van der Waals surface area contributed by atoms with Crippen LogP contribution in [0.3, 0.4) is 0 Å². The Morgan fingerprint density at radius 2 is 1.87 bits per heavy atom. The number of rotatable bonds is 4. The average molecular weight is 436 g/mol. The Bertz CT molecular complexity index is 1300. The number of ether oxygens (including phenoxy) is 2. The Labute approximate surface area is 182 Å². The Kier molecular flexibility index (Phi) is 4.77. The fourth-order valence-corrected chi connectivity index (χ4v) is 3.83. The van der Waals surface area contributed by atoms with E-state index in [0.717, 1.165) is 16.6 Å². The summed E-state index contributed by atoms with van der Waals surface area (Å²) in [6.07, 6.45) is -0.915. The van der Waals surface area contributed by atoms with Gasteiger partial charge in [0.05, 0.1) is 16.1 Å². The molecule has 0 fully saturated rings. The number of nitrogens with zero attached hydrogens (tertiary/aromatic N) is 1. The number of benzene rings is 3. The molecule has 3 aromatic carbocycles. The number of aromatic nitrogens is 2. The molecule has 7 nitrogen and oxygen atoms in total. The Morgan fingerprint density at radius 1 is 1.13 bits per heavy atom. The van der Waals surface area contributed by atoms with Crippen LogP contribution < -0.4 is 14.8 Å². The number of hydrogen-bond acceptors (Lipinski definition) is 5. The minimum atomic E-state index is -0.915. The van der Waals surface area contributed by atoms with Crippen molar-refractivity contribution in [2.45, 2.75) is 6.10 Å². The standard InChI is InChI=1S/C23H18ClN3O4/c1-25-23(29)14-6-7-17-18(8-14)27-22(26-17)13-4-2-12(3-5-13)21(28)15-9-19-20(10-16(15)24)31-11-30-19/h2-10,21,28H,11H2,1H3,(H,25,29)(H,26,27). The van der Waals surface area contributed by atoms with Gasteiger partial charge in [0.25, 0.3) is 5.91 Å². The minimum Gasteiger partial charge on any atom is -0.454 e. The van der Waals surface area contributed by atoms with Crippen LogP contribution in [0.5, 0.6) is 11.5 Å². The minimum absolute atomic E-state index is 0.141.